The number of carbonyl (C=O) groups excluding carboxylic acids is 1. The van der Waals surface area contributed by atoms with Gasteiger partial charge in [0, 0.05) is 32.2 Å². The molecular formula is C18H31IN4O. The van der Waals surface area contributed by atoms with Gasteiger partial charge in [-0.15, -0.1) is 24.0 Å². The maximum atomic E-state index is 11.9. The van der Waals surface area contributed by atoms with E-state index in [-0.39, 0.29) is 29.9 Å². The third-order valence-electron chi connectivity index (χ3n) is 3.54. The second-order valence-electron chi connectivity index (χ2n) is 5.51. The van der Waals surface area contributed by atoms with E-state index < -0.39 is 0 Å². The lowest BCUT2D eigenvalue weighted by Crippen LogP contribution is -2.37. The van der Waals surface area contributed by atoms with Crippen LogP contribution in [0.4, 0.5) is 0 Å². The first-order valence-corrected chi connectivity index (χ1v) is 8.52. The number of aliphatic imine (C=N–C) groups is 1. The lowest BCUT2D eigenvalue weighted by Gasteiger charge is -2.12. The number of guanidine groups is 1. The molecule has 136 valence electrons. The molecule has 0 heterocycles. The second kappa shape index (κ2) is 14.1. The molecule has 0 saturated heterocycles. The molecule has 0 saturated carbocycles. The molecule has 0 atom stereocenters. The molecule has 6 heteroatoms. The first-order valence-electron chi connectivity index (χ1n) is 8.52. The summed E-state index contributed by atoms with van der Waals surface area (Å²) >= 11 is 0. The molecule has 0 radical (unpaired) electrons. The number of hydrogen-bond donors (Lipinski definition) is 3. The average molecular weight is 446 g/mol. The predicted molar refractivity (Wildman–Crippen MR) is 112 cm³/mol. The van der Waals surface area contributed by atoms with E-state index in [0.717, 1.165) is 50.3 Å². The van der Waals surface area contributed by atoms with Crippen LogP contribution in [0.15, 0.2) is 29.3 Å². The minimum absolute atomic E-state index is 0. The van der Waals surface area contributed by atoms with Gasteiger partial charge in [0.25, 0.3) is 5.91 Å². The summed E-state index contributed by atoms with van der Waals surface area (Å²) in [5, 5.41) is 9.47. The van der Waals surface area contributed by atoms with Gasteiger partial charge in [-0.05, 0) is 30.5 Å². The van der Waals surface area contributed by atoms with Crippen molar-refractivity contribution in [2.75, 3.05) is 20.1 Å². The van der Waals surface area contributed by atoms with Crippen LogP contribution in [-0.2, 0) is 6.54 Å². The summed E-state index contributed by atoms with van der Waals surface area (Å²) in [6, 6.07) is 7.68. The van der Waals surface area contributed by atoms with E-state index >= 15 is 0 Å². The van der Waals surface area contributed by atoms with Crippen LogP contribution in [0, 0.1) is 0 Å². The smallest absolute Gasteiger partial charge is 0.251 e. The zero-order valence-corrected chi connectivity index (χ0v) is 17.4. The van der Waals surface area contributed by atoms with Gasteiger partial charge in [0.2, 0.25) is 0 Å². The number of halogens is 1. The van der Waals surface area contributed by atoms with Crippen molar-refractivity contribution in [1.29, 1.82) is 0 Å². The number of rotatable bonds is 9. The highest BCUT2D eigenvalue weighted by Crippen LogP contribution is 2.04. The summed E-state index contributed by atoms with van der Waals surface area (Å²) in [5.41, 5.74) is 1.82. The summed E-state index contributed by atoms with van der Waals surface area (Å²) in [5.74, 6) is 0.801. The van der Waals surface area contributed by atoms with Crippen molar-refractivity contribution >= 4 is 35.8 Å². The lowest BCUT2D eigenvalue weighted by molar-refractivity contribution is 0.0953. The Hall–Kier alpha value is -1.31. The Bertz CT molecular complexity index is 488. The maximum absolute atomic E-state index is 11.9. The largest absolute Gasteiger partial charge is 0.356 e. The first-order chi connectivity index (χ1) is 11.2. The Kier molecular flexibility index (Phi) is 13.3. The summed E-state index contributed by atoms with van der Waals surface area (Å²) < 4.78 is 0. The Balaban J connectivity index is 0.00000529. The molecule has 24 heavy (non-hydrogen) atoms. The molecule has 0 aliphatic rings. The molecule has 1 aromatic carbocycles. The van der Waals surface area contributed by atoms with Crippen molar-refractivity contribution in [3.63, 3.8) is 0 Å². The van der Waals surface area contributed by atoms with Gasteiger partial charge >= 0.3 is 0 Å². The Labute approximate surface area is 163 Å². The van der Waals surface area contributed by atoms with Gasteiger partial charge in [-0.1, -0.05) is 38.8 Å². The second-order valence-corrected chi connectivity index (χ2v) is 5.51. The molecule has 0 unspecified atom stereocenters. The topological polar surface area (TPSA) is 65.5 Å². The monoisotopic (exact) mass is 446 g/mol. The molecular weight excluding hydrogens is 415 g/mol. The minimum atomic E-state index is -0.00463. The molecule has 5 nitrogen and oxygen atoms in total. The van der Waals surface area contributed by atoms with Crippen molar-refractivity contribution in [3.8, 4) is 0 Å². The summed E-state index contributed by atoms with van der Waals surface area (Å²) in [4.78, 5) is 16.1. The fourth-order valence-electron chi connectivity index (χ4n) is 2.04. The van der Waals surface area contributed by atoms with Crippen LogP contribution in [0.2, 0.25) is 0 Å². The Morgan fingerprint density at radius 3 is 2.08 bits per heavy atom. The molecule has 0 aliphatic carbocycles. The van der Waals surface area contributed by atoms with E-state index in [1.54, 1.807) is 7.05 Å². The highest BCUT2D eigenvalue weighted by atomic mass is 127. The van der Waals surface area contributed by atoms with Gasteiger partial charge in [0.05, 0.1) is 0 Å². The number of unbranched alkanes of at least 4 members (excludes halogenated alkanes) is 2. The Morgan fingerprint density at radius 1 is 0.958 bits per heavy atom. The van der Waals surface area contributed by atoms with E-state index in [0.29, 0.717) is 12.1 Å². The normalized spacial score (nSPS) is 10.7. The van der Waals surface area contributed by atoms with Gasteiger partial charge in [-0.2, -0.15) is 0 Å². The molecule has 1 rings (SSSR count). The van der Waals surface area contributed by atoms with Crippen LogP contribution in [-0.4, -0.2) is 32.0 Å². The van der Waals surface area contributed by atoms with Gasteiger partial charge in [0.1, 0.15) is 0 Å². The molecule has 0 aromatic heterocycles. The number of benzene rings is 1. The van der Waals surface area contributed by atoms with Crippen molar-refractivity contribution in [2.24, 2.45) is 4.99 Å². The number of hydrogen-bond acceptors (Lipinski definition) is 2. The fraction of sp³-hybridized carbons (Fsp3) is 0.556. The zero-order chi connectivity index (χ0) is 16.9. The van der Waals surface area contributed by atoms with E-state index in [9.17, 15) is 4.79 Å². The van der Waals surface area contributed by atoms with E-state index in [4.69, 9.17) is 0 Å². The summed E-state index contributed by atoms with van der Waals surface area (Å²) in [6.07, 6.45) is 4.38. The van der Waals surface area contributed by atoms with Crippen LogP contribution in [0.3, 0.4) is 0 Å². The number of amides is 1. The van der Waals surface area contributed by atoms with Crippen LogP contribution in [0.1, 0.15) is 55.5 Å². The number of nitrogens with zero attached hydrogens (tertiary/aromatic N) is 1. The van der Waals surface area contributed by atoms with Gasteiger partial charge in [0.15, 0.2) is 5.96 Å². The minimum Gasteiger partial charge on any atom is -0.356 e. The molecule has 1 amide bonds. The quantitative estimate of drug-likeness (QED) is 0.236. The molecule has 0 bridgehead atoms. The highest BCUT2D eigenvalue weighted by molar-refractivity contribution is 14.0. The lowest BCUT2D eigenvalue weighted by atomic mass is 10.1. The standard InChI is InChI=1S/C18H30N4O.HI/c1-4-6-12-20-17(23)16-10-8-15(9-11-16)14-22-18(19-3)21-13-7-5-2;/h8-11H,4-7,12-14H2,1-3H3,(H,20,23)(H2,19,21,22);1H. The SMILES string of the molecule is CCCCNC(=O)c1ccc(CNC(=NC)NCCCC)cc1.I. The molecule has 0 fully saturated rings. The molecule has 0 aliphatic heterocycles. The van der Waals surface area contributed by atoms with E-state index in [1.165, 1.54) is 0 Å². The molecule has 0 spiro atoms. The van der Waals surface area contributed by atoms with Crippen molar-refractivity contribution in [3.05, 3.63) is 35.4 Å². The van der Waals surface area contributed by atoms with Crippen LogP contribution < -0.4 is 16.0 Å². The van der Waals surface area contributed by atoms with Crippen LogP contribution in [0.5, 0.6) is 0 Å². The van der Waals surface area contributed by atoms with Gasteiger partial charge in [-0.25, -0.2) is 0 Å². The summed E-state index contributed by atoms with van der Waals surface area (Å²) in [6.45, 7) is 6.62. The number of nitrogens with one attached hydrogen (secondary N) is 3. The van der Waals surface area contributed by atoms with Crippen molar-refractivity contribution in [1.82, 2.24) is 16.0 Å². The maximum Gasteiger partial charge on any atom is 0.251 e. The fourth-order valence-corrected chi connectivity index (χ4v) is 2.04. The number of carbonyl (C=O) groups is 1. The van der Waals surface area contributed by atoms with Crippen LogP contribution >= 0.6 is 24.0 Å². The van der Waals surface area contributed by atoms with E-state index in [1.807, 2.05) is 24.3 Å². The highest BCUT2D eigenvalue weighted by Gasteiger charge is 2.04. The molecule has 3 N–H and O–H groups in total. The zero-order valence-electron chi connectivity index (χ0n) is 15.0. The average Bonchev–Trinajstić information content (AvgIpc) is 2.58. The van der Waals surface area contributed by atoms with Crippen molar-refractivity contribution < 1.29 is 4.79 Å². The Morgan fingerprint density at radius 2 is 1.54 bits per heavy atom. The third-order valence-corrected chi connectivity index (χ3v) is 3.54. The molecule has 1 aromatic rings. The predicted octanol–water partition coefficient (Wildman–Crippen LogP) is 3.30. The van der Waals surface area contributed by atoms with Gasteiger partial charge in [-0.3, -0.25) is 9.79 Å². The van der Waals surface area contributed by atoms with E-state index in [2.05, 4.69) is 34.8 Å². The summed E-state index contributed by atoms with van der Waals surface area (Å²) in [7, 11) is 1.77. The van der Waals surface area contributed by atoms with Gasteiger partial charge < -0.3 is 16.0 Å². The van der Waals surface area contributed by atoms with Crippen LogP contribution in [0.25, 0.3) is 0 Å². The third kappa shape index (κ3) is 9.10. The van der Waals surface area contributed by atoms with Crippen molar-refractivity contribution in [2.45, 2.75) is 46.1 Å². The first kappa shape index (κ1) is 22.7.